The minimum Gasteiger partial charge on any atom is -0.341 e. The lowest BCUT2D eigenvalue weighted by molar-refractivity contribution is -0.130. The molecule has 1 saturated heterocycles. The first kappa shape index (κ1) is 16.2. The van der Waals surface area contributed by atoms with Crippen LogP contribution < -0.4 is 0 Å². The van der Waals surface area contributed by atoms with Crippen molar-refractivity contribution in [1.82, 2.24) is 19.8 Å². The average Bonchev–Trinajstić information content (AvgIpc) is 2.98. The van der Waals surface area contributed by atoms with E-state index in [4.69, 9.17) is 0 Å². The highest BCUT2D eigenvalue weighted by Gasteiger charge is 2.28. The van der Waals surface area contributed by atoms with Crippen LogP contribution >= 0.6 is 11.8 Å². The molecule has 1 amide bonds. The zero-order valence-corrected chi connectivity index (χ0v) is 13.7. The number of aromatic nitrogens is 2. The Hall–Kier alpha value is -1.14. The fourth-order valence-corrected chi connectivity index (χ4v) is 3.05. The molecule has 0 aromatic carbocycles. The van der Waals surface area contributed by atoms with Crippen molar-refractivity contribution in [3.8, 4) is 0 Å². The maximum absolute atomic E-state index is 12.1. The molecular weight excluding hydrogens is 284 g/mol. The van der Waals surface area contributed by atoms with Gasteiger partial charge in [-0.3, -0.25) is 9.69 Å². The molecule has 1 fully saturated rings. The Balaban J connectivity index is 1.77. The van der Waals surface area contributed by atoms with E-state index in [1.807, 2.05) is 11.0 Å². The van der Waals surface area contributed by atoms with Crippen LogP contribution in [0.5, 0.6) is 0 Å². The van der Waals surface area contributed by atoms with Crippen molar-refractivity contribution in [2.45, 2.75) is 31.8 Å². The molecule has 2 heterocycles. The van der Waals surface area contributed by atoms with Gasteiger partial charge in [0.2, 0.25) is 5.91 Å². The number of likely N-dealkylation sites (tertiary alicyclic amines) is 1. The van der Waals surface area contributed by atoms with Crippen LogP contribution in [0.2, 0.25) is 0 Å². The van der Waals surface area contributed by atoms with Gasteiger partial charge in [0.15, 0.2) is 0 Å². The van der Waals surface area contributed by atoms with E-state index in [0.29, 0.717) is 18.4 Å². The lowest BCUT2D eigenvalue weighted by Crippen LogP contribution is -2.36. The molecule has 2 rings (SSSR count). The third-order valence-corrected chi connectivity index (χ3v) is 4.59. The van der Waals surface area contributed by atoms with Gasteiger partial charge < -0.3 is 4.90 Å². The lowest BCUT2D eigenvalue weighted by Gasteiger charge is -2.24. The van der Waals surface area contributed by atoms with Gasteiger partial charge in [0.05, 0.1) is 6.54 Å². The fourth-order valence-electron chi connectivity index (χ4n) is 2.62. The summed E-state index contributed by atoms with van der Waals surface area (Å²) in [6, 6.07) is 2.24. The van der Waals surface area contributed by atoms with E-state index >= 15 is 0 Å². The van der Waals surface area contributed by atoms with Gasteiger partial charge in [-0.25, -0.2) is 9.97 Å². The molecular formula is C15H24N4OS. The van der Waals surface area contributed by atoms with Crippen LogP contribution in [0.1, 0.15) is 25.1 Å². The first-order valence-corrected chi connectivity index (χ1v) is 8.83. The predicted octanol–water partition coefficient (Wildman–Crippen LogP) is 1.65. The summed E-state index contributed by atoms with van der Waals surface area (Å²) in [7, 11) is 2.09. The quantitative estimate of drug-likeness (QED) is 0.717. The van der Waals surface area contributed by atoms with Crippen molar-refractivity contribution in [1.29, 1.82) is 0 Å². The number of hydrogen-bond donors (Lipinski definition) is 0. The number of carbonyl (C=O) groups is 1. The summed E-state index contributed by atoms with van der Waals surface area (Å²) < 4.78 is 0. The SMILES string of the molecule is CSCCCC(=O)N1CC[C@H](N(C)Cc2ncccn2)C1. The number of carbonyl (C=O) groups excluding carboxylic acids is 1. The van der Waals surface area contributed by atoms with Gasteiger partial charge in [-0.15, -0.1) is 0 Å². The third kappa shape index (κ3) is 4.97. The maximum atomic E-state index is 12.1. The summed E-state index contributed by atoms with van der Waals surface area (Å²) in [4.78, 5) is 24.9. The number of likely N-dealkylation sites (N-methyl/N-ethyl adjacent to an activating group) is 1. The van der Waals surface area contributed by atoms with Gasteiger partial charge in [-0.2, -0.15) is 11.8 Å². The second-order valence-electron chi connectivity index (χ2n) is 5.46. The van der Waals surface area contributed by atoms with Crippen molar-refractivity contribution in [3.05, 3.63) is 24.3 Å². The third-order valence-electron chi connectivity index (χ3n) is 3.89. The fraction of sp³-hybridized carbons (Fsp3) is 0.667. The number of nitrogens with zero attached hydrogens (tertiary/aromatic N) is 4. The van der Waals surface area contributed by atoms with Gasteiger partial charge in [0.1, 0.15) is 5.82 Å². The van der Waals surface area contributed by atoms with Crippen LogP contribution in [-0.2, 0) is 11.3 Å². The Morgan fingerprint density at radius 3 is 2.95 bits per heavy atom. The molecule has 0 saturated carbocycles. The molecule has 0 radical (unpaired) electrons. The average molecular weight is 308 g/mol. The highest BCUT2D eigenvalue weighted by atomic mass is 32.2. The summed E-state index contributed by atoms with van der Waals surface area (Å²) in [6.07, 6.45) is 8.32. The molecule has 116 valence electrons. The van der Waals surface area contributed by atoms with Crippen LogP contribution in [0, 0.1) is 0 Å². The molecule has 0 spiro atoms. The molecule has 5 nitrogen and oxygen atoms in total. The first-order valence-electron chi connectivity index (χ1n) is 7.43. The summed E-state index contributed by atoms with van der Waals surface area (Å²) in [5, 5.41) is 0. The number of amides is 1. The van der Waals surface area contributed by atoms with Crippen molar-refractivity contribution >= 4 is 17.7 Å². The van der Waals surface area contributed by atoms with Gasteiger partial charge in [0, 0.05) is 37.9 Å². The monoisotopic (exact) mass is 308 g/mol. The van der Waals surface area contributed by atoms with Crippen LogP contribution in [-0.4, -0.2) is 63.9 Å². The minimum atomic E-state index is 0.302. The number of rotatable bonds is 7. The summed E-state index contributed by atoms with van der Waals surface area (Å²) in [6.45, 7) is 2.45. The molecule has 6 heteroatoms. The van der Waals surface area contributed by atoms with Crippen molar-refractivity contribution in [3.63, 3.8) is 0 Å². The summed E-state index contributed by atoms with van der Waals surface area (Å²) in [5.41, 5.74) is 0. The van der Waals surface area contributed by atoms with Crippen molar-refractivity contribution in [2.24, 2.45) is 0 Å². The van der Waals surface area contributed by atoms with Crippen LogP contribution in [0.4, 0.5) is 0 Å². The second kappa shape index (κ2) is 8.34. The van der Waals surface area contributed by atoms with Crippen LogP contribution in [0.3, 0.4) is 0 Å². The second-order valence-corrected chi connectivity index (χ2v) is 6.44. The van der Waals surface area contributed by atoms with Gasteiger partial charge in [0.25, 0.3) is 0 Å². The number of thioether (sulfide) groups is 1. The Morgan fingerprint density at radius 1 is 1.48 bits per heavy atom. The molecule has 0 aliphatic carbocycles. The van der Waals surface area contributed by atoms with Crippen LogP contribution in [0.25, 0.3) is 0 Å². The lowest BCUT2D eigenvalue weighted by atomic mass is 10.2. The van der Waals surface area contributed by atoms with Gasteiger partial charge in [-0.05, 0) is 38.0 Å². The predicted molar refractivity (Wildman–Crippen MR) is 86.1 cm³/mol. The van der Waals surface area contributed by atoms with E-state index in [2.05, 4.69) is 28.2 Å². The minimum absolute atomic E-state index is 0.302. The van der Waals surface area contributed by atoms with Crippen LogP contribution in [0.15, 0.2) is 18.5 Å². The molecule has 1 aliphatic heterocycles. The van der Waals surface area contributed by atoms with Crippen molar-refractivity contribution < 1.29 is 4.79 Å². The first-order chi connectivity index (χ1) is 10.2. The molecule has 1 aromatic heterocycles. The molecule has 1 aliphatic rings. The van der Waals surface area contributed by atoms with E-state index in [9.17, 15) is 4.79 Å². The zero-order chi connectivity index (χ0) is 15.1. The standard InChI is InChI=1S/C15H24N4OS/c1-18(12-14-16-7-4-8-17-14)13-6-9-19(11-13)15(20)5-3-10-21-2/h4,7-8,13H,3,5-6,9-12H2,1-2H3/t13-/m0/s1. The topological polar surface area (TPSA) is 49.3 Å². The van der Waals surface area contributed by atoms with E-state index in [1.54, 1.807) is 24.2 Å². The zero-order valence-electron chi connectivity index (χ0n) is 12.9. The smallest absolute Gasteiger partial charge is 0.222 e. The summed E-state index contributed by atoms with van der Waals surface area (Å²) in [5.74, 6) is 2.20. The Bertz CT molecular complexity index is 443. The van der Waals surface area contributed by atoms with Gasteiger partial charge in [-0.1, -0.05) is 0 Å². The Labute approximate surface area is 131 Å². The Kier molecular flexibility index (Phi) is 6.45. The van der Waals surface area contributed by atoms with E-state index in [0.717, 1.165) is 44.1 Å². The number of hydrogen-bond acceptors (Lipinski definition) is 5. The largest absolute Gasteiger partial charge is 0.341 e. The summed E-state index contributed by atoms with van der Waals surface area (Å²) >= 11 is 1.80. The molecule has 0 bridgehead atoms. The van der Waals surface area contributed by atoms with Crippen molar-refractivity contribution in [2.75, 3.05) is 32.1 Å². The molecule has 21 heavy (non-hydrogen) atoms. The highest BCUT2D eigenvalue weighted by molar-refractivity contribution is 7.98. The maximum Gasteiger partial charge on any atom is 0.222 e. The van der Waals surface area contributed by atoms with E-state index in [-0.39, 0.29) is 0 Å². The molecule has 1 aromatic rings. The highest BCUT2D eigenvalue weighted by Crippen LogP contribution is 2.17. The molecule has 0 N–H and O–H groups in total. The normalized spacial score (nSPS) is 18.4. The Morgan fingerprint density at radius 2 is 2.24 bits per heavy atom. The van der Waals surface area contributed by atoms with E-state index in [1.165, 1.54) is 0 Å². The molecule has 0 unspecified atom stereocenters. The molecule has 1 atom stereocenters. The van der Waals surface area contributed by atoms with E-state index < -0.39 is 0 Å². The van der Waals surface area contributed by atoms with Gasteiger partial charge >= 0.3 is 0 Å².